The number of aliphatic carboxylic acids is 2. The van der Waals surface area contributed by atoms with E-state index in [1.54, 1.807) is 0 Å². The van der Waals surface area contributed by atoms with Crippen LogP contribution in [0.1, 0.15) is 104 Å². The average molecular weight is 458 g/mol. The number of carboxylic acid groups (broad SMARTS) is 2. The maximum Gasteiger partial charge on any atom is 0.326 e. The molecule has 5 N–H and O–H groups in total. The largest absolute Gasteiger partial charge is 0.481 e. The van der Waals surface area contributed by atoms with Crippen LogP contribution in [-0.2, 0) is 14.4 Å². The first-order chi connectivity index (χ1) is 15.0. The molecule has 0 aliphatic rings. The predicted molar refractivity (Wildman–Crippen MR) is 124 cm³/mol. The first kappa shape index (κ1) is 29.7. The van der Waals surface area contributed by atoms with Gasteiger partial charge in [0.05, 0.1) is 0 Å². The molecule has 0 bridgehead atoms. The zero-order valence-electron chi connectivity index (χ0n) is 20.0. The minimum atomic E-state index is -1.07. The molecule has 9 nitrogen and oxygen atoms in total. The van der Waals surface area contributed by atoms with E-state index in [1.165, 1.54) is 0 Å². The Morgan fingerprint density at radius 1 is 0.750 bits per heavy atom. The number of hydrogen-bond donors (Lipinski definition) is 5. The van der Waals surface area contributed by atoms with E-state index in [2.05, 4.69) is 16.0 Å². The van der Waals surface area contributed by atoms with E-state index >= 15 is 0 Å². The van der Waals surface area contributed by atoms with Crippen molar-refractivity contribution in [2.75, 3.05) is 6.54 Å². The molecule has 0 unspecified atom stereocenters. The molecule has 0 heterocycles. The molecule has 9 heteroatoms. The van der Waals surface area contributed by atoms with Crippen LogP contribution in [0.4, 0.5) is 4.79 Å². The van der Waals surface area contributed by atoms with Gasteiger partial charge < -0.3 is 26.2 Å². The molecule has 0 spiro atoms. The first-order valence-electron chi connectivity index (χ1n) is 11.8. The van der Waals surface area contributed by atoms with Crippen LogP contribution in [0.3, 0.4) is 0 Å². The van der Waals surface area contributed by atoms with Crippen LogP contribution in [0, 0.1) is 0 Å². The molecule has 0 saturated carbocycles. The average Bonchev–Trinajstić information content (AvgIpc) is 2.66. The smallest absolute Gasteiger partial charge is 0.326 e. The molecule has 0 aromatic rings. The fourth-order valence-corrected chi connectivity index (χ4v) is 3.26. The standard InChI is InChI=1S/C23H43N3O6/c1-23(2,3)26-19(27)15-12-10-8-6-4-5-7-9-11-14-18(21(30)31)25-22(32)24-17-13-16-20(28)29/h18H,4-17H2,1-3H3,(H,26,27)(H,28,29)(H,30,31)(H2,24,25,32)/t18-/m0/s1. The molecule has 0 rings (SSSR count). The summed E-state index contributed by atoms with van der Waals surface area (Å²) in [5.74, 6) is -1.89. The zero-order valence-corrected chi connectivity index (χ0v) is 20.0. The molecule has 0 saturated heterocycles. The minimum Gasteiger partial charge on any atom is -0.481 e. The summed E-state index contributed by atoms with van der Waals surface area (Å²) in [6.45, 7) is 6.13. The summed E-state index contributed by atoms with van der Waals surface area (Å²) in [7, 11) is 0. The van der Waals surface area contributed by atoms with Crippen LogP contribution in [-0.4, -0.2) is 52.2 Å². The van der Waals surface area contributed by atoms with Gasteiger partial charge in [0.2, 0.25) is 5.91 Å². The van der Waals surface area contributed by atoms with Crippen LogP contribution in [0.25, 0.3) is 0 Å². The summed E-state index contributed by atoms with van der Waals surface area (Å²) in [5, 5.41) is 25.7. The molecular formula is C23H43N3O6. The Kier molecular flexibility index (Phi) is 16.0. The number of carbonyl (C=O) groups excluding carboxylic acids is 2. The van der Waals surface area contributed by atoms with Gasteiger partial charge in [-0.2, -0.15) is 0 Å². The maximum absolute atomic E-state index is 11.7. The predicted octanol–water partition coefficient (Wildman–Crippen LogP) is 3.81. The highest BCUT2D eigenvalue weighted by Crippen LogP contribution is 2.12. The lowest BCUT2D eigenvalue weighted by molar-refractivity contribution is -0.139. The van der Waals surface area contributed by atoms with E-state index in [1.807, 2.05) is 20.8 Å². The van der Waals surface area contributed by atoms with Gasteiger partial charge in [0.1, 0.15) is 6.04 Å². The third kappa shape index (κ3) is 19.6. The number of unbranched alkanes of at least 4 members (excludes halogenated alkanes) is 8. The van der Waals surface area contributed by atoms with Crippen molar-refractivity contribution >= 4 is 23.9 Å². The van der Waals surface area contributed by atoms with Gasteiger partial charge in [-0.05, 0) is 40.0 Å². The molecule has 0 fully saturated rings. The van der Waals surface area contributed by atoms with Crippen molar-refractivity contribution in [2.45, 2.75) is 116 Å². The van der Waals surface area contributed by atoms with Gasteiger partial charge in [-0.15, -0.1) is 0 Å². The number of amides is 3. The Morgan fingerprint density at radius 3 is 1.78 bits per heavy atom. The van der Waals surface area contributed by atoms with Crippen LogP contribution in [0.5, 0.6) is 0 Å². The molecule has 0 aromatic carbocycles. The van der Waals surface area contributed by atoms with Gasteiger partial charge in [-0.1, -0.05) is 51.4 Å². The van der Waals surface area contributed by atoms with Crippen molar-refractivity contribution in [2.24, 2.45) is 0 Å². The van der Waals surface area contributed by atoms with E-state index in [4.69, 9.17) is 5.11 Å². The highest BCUT2D eigenvalue weighted by Gasteiger charge is 2.19. The third-order valence-electron chi connectivity index (χ3n) is 4.87. The van der Waals surface area contributed by atoms with Crippen LogP contribution >= 0.6 is 0 Å². The fraction of sp³-hybridized carbons (Fsp3) is 0.826. The first-order valence-corrected chi connectivity index (χ1v) is 11.8. The van der Waals surface area contributed by atoms with E-state index in [0.717, 1.165) is 57.8 Å². The molecule has 0 aliphatic carbocycles. The van der Waals surface area contributed by atoms with Crippen LogP contribution < -0.4 is 16.0 Å². The molecule has 0 radical (unpaired) electrons. The highest BCUT2D eigenvalue weighted by molar-refractivity contribution is 5.82. The van der Waals surface area contributed by atoms with Crippen LogP contribution in [0.2, 0.25) is 0 Å². The summed E-state index contributed by atoms with van der Waals surface area (Å²) in [6, 6.07) is -1.52. The van der Waals surface area contributed by atoms with E-state index in [-0.39, 0.29) is 24.4 Å². The Balaban J connectivity index is 3.68. The fourth-order valence-electron chi connectivity index (χ4n) is 3.26. The van der Waals surface area contributed by atoms with E-state index in [9.17, 15) is 24.3 Å². The number of nitrogens with one attached hydrogen (secondary N) is 3. The third-order valence-corrected chi connectivity index (χ3v) is 4.87. The van der Waals surface area contributed by atoms with E-state index in [0.29, 0.717) is 19.3 Å². The number of urea groups is 1. The van der Waals surface area contributed by atoms with Gasteiger partial charge in [-0.25, -0.2) is 9.59 Å². The lowest BCUT2D eigenvalue weighted by Crippen LogP contribution is -2.46. The Bertz CT molecular complexity index is 575. The molecular weight excluding hydrogens is 414 g/mol. The SMILES string of the molecule is CC(C)(C)NC(=O)CCCCCCCCCCC[C@H](NC(=O)NCCCC(=O)O)C(=O)O. The van der Waals surface area contributed by atoms with E-state index < -0.39 is 24.0 Å². The second-order valence-electron chi connectivity index (χ2n) is 9.31. The van der Waals surface area contributed by atoms with Crippen molar-refractivity contribution in [1.29, 1.82) is 0 Å². The lowest BCUT2D eigenvalue weighted by Gasteiger charge is -2.20. The summed E-state index contributed by atoms with van der Waals surface area (Å²) >= 11 is 0. The van der Waals surface area contributed by atoms with Crippen molar-refractivity contribution in [3.63, 3.8) is 0 Å². The number of rotatable bonds is 18. The molecule has 32 heavy (non-hydrogen) atoms. The summed E-state index contributed by atoms with van der Waals surface area (Å²) in [4.78, 5) is 45.2. The van der Waals surface area contributed by atoms with Gasteiger partial charge in [-0.3, -0.25) is 9.59 Å². The lowest BCUT2D eigenvalue weighted by atomic mass is 10.0. The number of carbonyl (C=O) groups is 4. The normalized spacial score (nSPS) is 12.1. The second kappa shape index (κ2) is 17.3. The van der Waals surface area contributed by atoms with Gasteiger partial charge in [0.15, 0.2) is 0 Å². The minimum absolute atomic E-state index is 0.0444. The van der Waals surface area contributed by atoms with Gasteiger partial charge in [0.25, 0.3) is 0 Å². The maximum atomic E-state index is 11.7. The van der Waals surface area contributed by atoms with Gasteiger partial charge in [0, 0.05) is 24.9 Å². The van der Waals surface area contributed by atoms with Crippen molar-refractivity contribution in [3.05, 3.63) is 0 Å². The molecule has 1 atom stereocenters. The number of hydrogen-bond acceptors (Lipinski definition) is 4. The molecule has 3 amide bonds. The van der Waals surface area contributed by atoms with Crippen molar-refractivity contribution < 1.29 is 29.4 Å². The summed E-state index contributed by atoms with van der Waals surface area (Å²) in [6.07, 6.45) is 10.3. The van der Waals surface area contributed by atoms with Gasteiger partial charge >= 0.3 is 18.0 Å². The monoisotopic (exact) mass is 457 g/mol. The quantitative estimate of drug-likeness (QED) is 0.198. The Morgan fingerprint density at radius 2 is 1.28 bits per heavy atom. The summed E-state index contributed by atoms with van der Waals surface area (Å²) < 4.78 is 0. The second-order valence-corrected chi connectivity index (χ2v) is 9.31. The Hall–Kier alpha value is -2.32. The molecule has 0 aromatic heterocycles. The van der Waals surface area contributed by atoms with Crippen molar-refractivity contribution in [3.8, 4) is 0 Å². The molecule has 0 aliphatic heterocycles. The Labute approximate surface area is 192 Å². The number of carboxylic acids is 2. The zero-order chi connectivity index (χ0) is 24.4. The van der Waals surface area contributed by atoms with Crippen LogP contribution in [0.15, 0.2) is 0 Å². The van der Waals surface area contributed by atoms with Crippen molar-refractivity contribution in [1.82, 2.24) is 16.0 Å². The topological polar surface area (TPSA) is 145 Å². The summed E-state index contributed by atoms with van der Waals surface area (Å²) in [5.41, 5.74) is -0.173. The molecule has 186 valence electrons. The highest BCUT2D eigenvalue weighted by atomic mass is 16.4.